The van der Waals surface area contributed by atoms with Gasteiger partial charge in [-0.05, 0) is 24.6 Å². The van der Waals surface area contributed by atoms with Gasteiger partial charge in [-0.1, -0.05) is 36.4 Å². The van der Waals surface area contributed by atoms with E-state index in [1.807, 2.05) is 53.4 Å². The molecule has 10 heteroatoms. The molecule has 1 aromatic heterocycles. The molecule has 35 heavy (non-hydrogen) atoms. The lowest BCUT2D eigenvalue weighted by Gasteiger charge is -2.33. The number of hydrogen-bond acceptors (Lipinski definition) is 7. The number of benzene rings is 2. The largest absolute Gasteiger partial charge is 0.457 e. The van der Waals surface area contributed by atoms with Crippen LogP contribution in [0.25, 0.3) is 0 Å². The van der Waals surface area contributed by atoms with Crippen LogP contribution in [0.1, 0.15) is 23.5 Å². The molecule has 0 atom stereocenters. The maximum atomic E-state index is 13.2. The molecular formula is C25H27N5O4S. The van der Waals surface area contributed by atoms with Crippen molar-refractivity contribution in [2.45, 2.75) is 12.3 Å². The zero-order chi connectivity index (χ0) is 24.3. The molecule has 5 rings (SSSR count). The van der Waals surface area contributed by atoms with E-state index in [4.69, 9.17) is 4.74 Å². The van der Waals surface area contributed by atoms with E-state index in [1.165, 1.54) is 4.31 Å². The van der Waals surface area contributed by atoms with Crippen LogP contribution in [-0.4, -0.2) is 67.1 Å². The Morgan fingerprint density at radius 3 is 2.14 bits per heavy atom. The Kier molecular flexibility index (Phi) is 6.65. The number of ether oxygens (including phenoxy) is 1. The Morgan fingerprint density at radius 1 is 0.914 bits per heavy atom. The van der Waals surface area contributed by atoms with E-state index in [-0.39, 0.29) is 18.2 Å². The smallest absolute Gasteiger partial charge is 0.232 e. The van der Waals surface area contributed by atoms with Gasteiger partial charge in [0.05, 0.1) is 11.7 Å². The number of piperazine rings is 1. The first-order valence-electron chi connectivity index (χ1n) is 11.7. The summed E-state index contributed by atoms with van der Waals surface area (Å²) in [6, 6.07) is 16.7. The molecule has 2 aromatic carbocycles. The van der Waals surface area contributed by atoms with Crippen molar-refractivity contribution in [1.29, 1.82) is 0 Å². The van der Waals surface area contributed by atoms with Gasteiger partial charge in [0.15, 0.2) is 0 Å². The van der Waals surface area contributed by atoms with Gasteiger partial charge in [-0.25, -0.2) is 18.4 Å². The minimum atomic E-state index is -3.41. The summed E-state index contributed by atoms with van der Waals surface area (Å²) in [7, 11) is -3.41. The standard InChI is InChI=1S/C25H27N5O4S/c31-24(23-19-7-1-3-9-21(19)34-22-10-4-2-8-20(22)23)26-13-6-18-35(32,33)30-16-14-29(15-17-30)25-27-11-5-12-28-25/h1-5,7-12,23H,6,13-18H2,(H,26,31). The summed E-state index contributed by atoms with van der Waals surface area (Å²) >= 11 is 0. The van der Waals surface area contributed by atoms with Crippen molar-refractivity contribution in [3.8, 4) is 11.5 Å². The summed E-state index contributed by atoms with van der Waals surface area (Å²) in [6.45, 7) is 2.15. The number of hydrogen-bond donors (Lipinski definition) is 1. The number of carbonyl (C=O) groups is 1. The lowest BCUT2D eigenvalue weighted by atomic mass is 9.87. The molecule has 3 aromatic rings. The number of fused-ring (bicyclic) bond motifs is 2. The minimum absolute atomic E-state index is 0.0178. The number of amides is 1. The summed E-state index contributed by atoms with van der Waals surface area (Å²) in [5.41, 5.74) is 1.60. The molecule has 3 heterocycles. The molecule has 1 amide bonds. The molecule has 0 spiro atoms. The van der Waals surface area contributed by atoms with Gasteiger partial charge in [-0.3, -0.25) is 4.79 Å². The van der Waals surface area contributed by atoms with Crippen molar-refractivity contribution < 1.29 is 17.9 Å². The Morgan fingerprint density at radius 2 is 1.51 bits per heavy atom. The predicted octanol–water partition coefficient (Wildman–Crippen LogP) is 2.37. The first-order valence-corrected chi connectivity index (χ1v) is 13.3. The molecule has 0 saturated carbocycles. The predicted molar refractivity (Wildman–Crippen MR) is 132 cm³/mol. The lowest BCUT2D eigenvalue weighted by Crippen LogP contribution is -2.50. The summed E-state index contributed by atoms with van der Waals surface area (Å²) in [5.74, 6) is 1.25. The van der Waals surface area contributed by atoms with Crippen LogP contribution in [0.2, 0.25) is 0 Å². The molecule has 9 nitrogen and oxygen atoms in total. The second-order valence-electron chi connectivity index (χ2n) is 8.51. The molecule has 1 N–H and O–H groups in total. The zero-order valence-electron chi connectivity index (χ0n) is 19.2. The van der Waals surface area contributed by atoms with E-state index in [0.717, 1.165) is 11.1 Å². The SMILES string of the molecule is O=C(NCCCS(=O)(=O)N1CCN(c2ncccn2)CC1)C1c2ccccc2Oc2ccccc21. The molecule has 182 valence electrons. The van der Waals surface area contributed by atoms with Gasteiger partial charge in [-0.15, -0.1) is 0 Å². The zero-order valence-corrected chi connectivity index (χ0v) is 20.0. The Hall–Kier alpha value is -3.50. The van der Waals surface area contributed by atoms with E-state index in [2.05, 4.69) is 15.3 Å². The quantitative estimate of drug-likeness (QED) is 0.504. The molecule has 0 aliphatic carbocycles. The Balaban J connectivity index is 1.15. The van der Waals surface area contributed by atoms with Crippen LogP contribution in [-0.2, 0) is 14.8 Å². The van der Waals surface area contributed by atoms with E-state index < -0.39 is 15.9 Å². The van der Waals surface area contributed by atoms with Crippen molar-refractivity contribution in [1.82, 2.24) is 19.6 Å². The average molecular weight is 494 g/mol. The topological polar surface area (TPSA) is 105 Å². The molecule has 1 fully saturated rings. The molecule has 2 aliphatic heterocycles. The summed E-state index contributed by atoms with van der Waals surface area (Å²) in [6.07, 6.45) is 3.69. The average Bonchev–Trinajstić information content (AvgIpc) is 2.90. The number of nitrogens with zero attached hydrogens (tertiary/aromatic N) is 4. The van der Waals surface area contributed by atoms with E-state index in [0.29, 0.717) is 50.0 Å². The highest BCUT2D eigenvalue weighted by molar-refractivity contribution is 7.89. The highest BCUT2D eigenvalue weighted by Crippen LogP contribution is 2.43. The van der Waals surface area contributed by atoms with Gasteiger partial charge < -0.3 is 15.0 Å². The first-order chi connectivity index (χ1) is 17.0. The number of sulfonamides is 1. The van der Waals surface area contributed by atoms with Crippen molar-refractivity contribution in [3.63, 3.8) is 0 Å². The number of rotatable bonds is 7. The van der Waals surface area contributed by atoms with Gasteiger partial charge in [0.2, 0.25) is 21.9 Å². The maximum absolute atomic E-state index is 13.2. The van der Waals surface area contributed by atoms with Crippen LogP contribution in [0.5, 0.6) is 11.5 Å². The number of nitrogens with one attached hydrogen (secondary N) is 1. The van der Waals surface area contributed by atoms with Crippen molar-refractivity contribution >= 4 is 21.9 Å². The van der Waals surface area contributed by atoms with Crippen molar-refractivity contribution in [3.05, 3.63) is 78.1 Å². The lowest BCUT2D eigenvalue weighted by molar-refractivity contribution is -0.121. The normalized spacial score (nSPS) is 16.2. The van der Waals surface area contributed by atoms with Gasteiger partial charge in [0.25, 0.3) is 0 Å². The number of para-hydroxylation sites is 2. The van der Waals surface area contributed by atoms with Gasteiger partial charge >= 0.3 is 0 Å². The summed E-state index contributed by atoms with van der Waals surface area (Å²) in [4.78, 5) is 23.6. The molecule has 0 unspecified atom stereocenters. The number of anilines is 1. The van der Waals surface area contributed by atoms with Crippen LogP contribution in [0.3, 0.4) is 0 Å². The van der Waals surface area contributed by atoms with Crippen LogP contribution in [0.4, 0.5) is 5.95 Å². The summed E-state index contributed by atoms with van der Waals surface area (Å²) < 4.78 is 33.2. The highest BCUT2D eigenvalue weighted by Gasteiger charge is 2.32. The van der Waals surface area contributed by atoms with E-state index >= 15 is 0 Å². The highest BCUT2D eigenvalue weighted by atomic mass is 32.2. The van der Waals surface area contributed by atoms with Gasteiger partial charge in [-0.2, -0.15) is 4.31 Å². The molecule has 0 radical (unpaired) electrons. The number of carbonyl (C=O) groups excluding carboxylic acids is 1. The van der Waals surface area contributed by atoms with Crippen molar-refractivity contribution in [2.75, 3.05) is 43.4 Å². The van der Waals surface area contributed by atoms with Crippen molar-refractivity contribution in [2.24, 2.45) is 0 Å². The second-order valence-corrected chi connectivity index (χ2v) is 10.6. The molecule has 0 bridgehead atoms. The fourth-order valence-corrected chi connectivity index (χ4v) is 6.00. The third-order valence-electron chi connectivity index (χ3n) is 6.29. The Labute approximate surface area is 204 Å². The third-order valence-corrected chi connectivity index (χ3v) is 8.24. The monoisotopic (exact) mass is 493 g/mol. The molecule has 2 aliphatic rings. The van der Waals surface area contributed by atoms with Crippen LogP contribution >= 0.6 is 0 Å². The number of aromatic nitrogens is 2. The van der Waals surface area contributed by atoms with Crippen LogP contribution in [0, 0.1) is 0 Å². The second kappa shape index (κ2) is 10.0. The maximum Gasteiger partial charge on any atom is 0.232 e. The van der Waals surface area contributed by atoms with Gasteiger partial charge in [0.1, 0.15) is 11.5 Å². The Bertz CT molecular complexity index is 1250. The van der Waals surface area contributed by atoms with Gasteiger partial charge in [0, 0.05) is 56.2 Å². The third kappa shape index (κ3) is 4.98. The summed E-state index contributed by atoms with van der Waals surface area (Å²) in [5, 5.41) is 2.94. The van der Waals surface area contributed by atoms with E-state index in [1.54, 1.807) is 18.5 Å². The van der Waals surface area contributed by atoms with E-state index in [9.17, 15) is 13.2 Å². The van der Waals surface area contributed by atoms with Crippen LogP contribution in [0.15, 0.2) is 67.0 Å². The van der Waals surface area contributed by atoms with Crippen LogP contribution < -0.4 is 15.0 Å². The fraction of sp³-hybridized carbons (Fsp3) is 0.320. The molecular weight excluding hydrogens is 466 g/mol. The fourth-order valence-electron chi connectivity index (χ4n) is 4.51. The molecule has 1 saturated heterocycles. The minimum Gasteiger partial charge on any atom is -0.457 e. The first kappa shape index (κ1) is 23.3.